The van der Waals surface area contributed by atoms with Crippen molar-refractivity contribution in [2.45, 2.75) is 97.2 Å². The van der Waals surface area contributed by atoms with Crippen LogP contribution < -0.4 is 0 Å². The van der Waals surface area contributed by atoms with Gasteiger partial charge in [0.2, 0.25) is 0 Å². The molecule has 2 nitrogen and oxygen atoms in total. The molecule has 3 heteroatoms. The summed E-state index contributed by atoms with van der Waals surface area (Å²) in [4.78, 5) is 0. The molecule has 0 aromatic rings. The number of hydrogen-bond donors (Lipinski definition) is 0. The van der Waals surface area contributed by atoms with Crippen molar-refractivity contribution in [1.29, 1.82) is 0 Å². The molecule has 0 bridgehead atoms. The minimum atomic E-state index is 0.0280. The molecule has 0 saturated carbocycles. The van der Waals surface area contributed by atoms with Gasteiger partial charge in [0.15, 0.2) is 6.29 Å². The number of allylic oxidation sites excluding steroid dienone is 2. The van der Waals surface area contributed by atoms with Crippen molar-refractivity contribution in [3.63, 3.8) is 0 Å². The fourth-order valence-corrected chi connectivity index (χ4v) is 2.60. The first-order valence-electron chi connectivity index (χ1n) is 9.79. The Labute approximate surface area is 153 Å². The lowest BCUT2D eigenvalue weighted by Crippen LogP contribution is -2.18. The average molecular weight is 391 g/mol. The molecule has 0 N–H and O–H groups in total. The molecule has 0 radical (unpaired) electrons. The van der Waals surface area contributed by atoms with Crippen molar-refractivity contribution < 1.29 is 9.47 Å². The molecule has 0 aromatic carbocycles. The molecule has 0 rings (SSSR count). The smallest absolute Gasteiger partial charge is 0.157 e. The maximum Gasteiger partial charge on any atom is 0.157 e. The number of ether oxygens (including phenoxy) is 2. The molecule has 0 atom stereocenters. The van der Waals surface area contributed by atoms with Crippen LogP contribution in [0, 0.1) is 0 Å². The quantitative estimate of drug-likeness (QED) is 0.108. The maximum atomic E-state index is 5.88. The molecule has 138 valence electrons. The predicted octanol–water partition coefficient (Wildman–Crippen LogP) is 7.02. The van der Waals surface area contributed by atoms with E-state index >= 15 is 0 Å². The second-order valence-corrected chi connectivity index (χ2v) is 6.97. The summed E-state index contributed by atoms with van der Waals surface area (Å²) in [5.74, 6) is 0. The summed E-state index contributed by atoms with van der Waals surface area (Å²) < 4.78 is 11.8. The normalized spacial score (nSPS) is 11.8. The number of hydrogen-bond acceptors (Lipinski definition) is 2. The van der Waals surface area contributed by atoms with E-state index in [1.54, 1.807) is 0 Å². The first kappa shape index (κ1) is 23.1. The standard InChI is InChI=1S/C20H39BrO2/c1-3-5-18-22-20(23-19-6-4-2)16-14-12-10-8-7-9-11-13-15-17-21/h11,13,20H,3-10,12,14-19H2,1-2H3/b13-11-. The van der Waals surface area contributed by atoms with Crippen LogP contribution in [0.3, 0.4) is 0 Å². The highest BCUT2D eigenvalue weighted by Gasteiger charge is 2.08. The third-order valence-electron chi connectivity index (χ3n) is 3.86. The van der Waals surface area contributed by atoms with E-state index in [1.807, 2.05) is 0 Å². The number of alkyl halides is 1. The van der Waals surface area contributed by atoms with Crippen molar-refractivity contribution >= 4 is 15.9 Å². The Balaban J connectivity index is 3.55. The first-order valence-corrected chi connectivity index (χ1v) is 10.9. The lowest BCUT2D eigenvalue weighted by atomic mass is 10.1. The fourth-order valence-electron chi connectivity index (χ4n) is 2.34. The van der Waals surface area contributed by atoms with Gasteiger partial charge in [-0.05, 0) is 44.9 Å². The van der Waals surface area contributed by atoms with Gasteiger partial charge in [0, 0.05) is 18.5 Å². The lowest BCUT2D eigenvalue weighted by molar-refractivity contribution is -0.147. The van der Waals surface area contributed by atoms with E-state index in [4.69, 9.17) is 9.47 Å². The van der Waals surface area contributed by atoms with Crippen molar-refractivity contribution in [1.82, 2.24) is 0 Å². The number of unbranched alkanes of at least 4 members (excludes halogenated alkanes) is 7. The van der Waals surface area contributed by atoms with Gasteiger partial charge in [0.1, 0.15) is 0 Å². The fraction of sp³-hybridized carbons (Fsp3) is 0.900. The van der Waals surface area contributed by atoms with Crippen molar-refractivity contribution in [2.75, 3.05) is 18.5 Å². The molecule has 0 aliphatic rings. The van der Waals surface area contributed by atoms with Crippen LogP contribution in [0.5, 0.6) is 0 Å². The minimum Gasteiger partial charge on any atom is -0.353 e. The van der Waals surface area contributed by atoms with E-state index in [0.717, 1.165) is 44.2 Å². The summed E-state index contributed by atoms with van der Waals surface area (Å²) >= 11 is 3.44. The highest BCUT2D eigenvalue weighted by atomic mass is 79.9. The van der Waals surface area contributed by atoms with Crippen LogP contribution in [0.2, 0.25) is 0 Å². The van der Waals surface area contributed by atoms with E-state index < -0.39 is 0 Å². The molecule has 0 aliphatic carbocycles. The van der Waals surface area contributed by atoms with Gasteiger partial charge >= 0.3 is 0 Å². The van der Waals surface area contributed by atoms with Crippen molar-refractivity contribution in [3.8, 4) is 0 Å². The highest BCUT2D eigenvalue weighted by Crippen LogP contribution is 2.13. The summed E-state index contributed by atoms with van der Waals surface area (Å²) in [6.07, 6.45) is 19.2. The maximum absolute atomic E-state index is 5.88. The Morgan fingerprint density at radius 1 is 0.739 bits per heavy atom. The molecule has 0 spiro atoms. The van der Waals surface area contributed by atoms with Crippen LogP contribution in [0.15, 0.2) is 12.2 Å². The molecule has 0 unspecified atom stereocenters. The van der Waals surface area contributed by atoms with E-state index in [1.165, 1.54) is 51.4 Å². The summed E-state index contributed by atoms with van der Waals surface area (Å²) in [7, 11) is 0. The largest absolute Gasteiger partial charge is 0.353 e. The molecule has 0 heterocycles. The summed E-state index contributed by atoms with van der Waals surface area (Å²) in [5.41, 5.74) is 0. The van der Waals surface area contributed by atoms with Gasteiger partial charge in [-0.15, -0.1) is 0 Å². The summed E-state index contributed by atoms with van der Waals surface area (Å²) in [5, 5.41) is 1.07. The van der Waals surface area contributed by atoms with Crippen molar-refractivity contribution in [3.05, 3.63) is 12.2 Å². The van der Waals surface area contributed by atoms with Gasteiger partial charge in [0.25, 0.3) is 0 Å². The number of rotatable bonds is 18. The van der Waals surface area contributed by atoms with Gasteiger partial charge in [-0.1, -0.05) is 74.0 Å². The van der Waals surface area contributed by atoms with E-state index in [-0.39, 0.29) is 6.29 Å². The molecular weight excluding hydrogens is 352 g/mol. The van der Waals surface area contributed by atoms with E-state index in [9.17, 15) is 0 Å². The Morgan fingerprint density at radius 3 is 1.91 bits per heavy atom. The molecule has 0 amide bonds. The average Bonchev–Trinajstić information content (AvgIpc) is 2.56. The van der Waals surface area contributed by atoms with Gasteiger partial charge < -0.3 is 9.47 Å². The summed E-state index contributed by atoms with van der Waals surface area (Å²) in [6.45, 7) is 6.08. The van der Waals surface area contributed by atoms with Crippen LogP contribution in [-0.4, -0.2) is 24.8 Å². The predicted molar refractivity (Wildman–Crippen MR) is 105 cm³/mol. The minimum absolute atomic E-state index is 0.0280. The molecular formula is C20H39BrO2. The Bertz CT molecular complexity index is 234. The third kappa shape index (κ3) is 18.3. The van der Waals surface area contributed by atoms with Gasteiger partial charge in [-0.3, -0.25) is 0 Å². The third-order valence-corrected chi connectivity index (χ3v) is 4.31. The lowest BCUT2D eigenvalue weighted by Gasteiger charge is -2.18. The van der Waals surface area contributed by atoms with Gasteiger partial charge in [-0.2, -0.15) is 0 Å². The zero-order valence-corrected chi connectivity index (χ0v) is 17.1. The van der Waals surface area contributed by atoms with E-state index in [0.29, 0.717) is 0 Å². The number of halogens is 1. The Hall–Kier alpha value is 0.140. The molecule has 0 fully saturated rings. The molecule has 0 saturated heterocycles. The van der Waals surface area contributed by atoms with Crippen LogP contribution in [0.25, 0.3) is 0 Å². The van der Waals surface area contributed by atoms with Crippen LogP contribution >= 0.6 is 15.9 Å². The van der Waals surface area contributed by atoms with Gasteiger partial charge in [0.05, 0.1) is 0 Å². The zero-order chi connectivity index (χ0) is 17.0. The second-order valence-electron chi connectivity index (χ2n) is 6.17. The Kier molecular flexibility index (Phi) is 20.3. The monoisotopic (exact) mass is 390 g/mol. The molecule has 23 heavy (non-hydrogen) atoms. The summed E-state index contributed by atoms with van der Waals surface area (Å²) in [6, 6.07) is 0. The molecule has 0 aromatic heterocycles. The van der Waals surface area contributed by atoms with Crippen LogP contribution in [0.4, 0.5) is 0 Å². The SMILES string of the molecule is CCCCOC(CCCCCCC/C=C\CCBr)OCCCC. The second kappa shape index (κ2) is 20.2. The zero-order valence-electron chi connectivity index (χ0n) is 15.5. The van der Waals surface area contributed by atoms with Crippen LogP contribution in [0.1, 0.15) is 90.9 Å². The van der Waals surface area contributed by atoms with Crippen molar-refractivity contribution in [2.24, 2.45) is 0 Å². The molecule has 0 aliphatic heterocycles. The van der Waals surface area contributed by atoms with Crippen LogP contribution in [-0.2, 0) is 9.47 Å². The highest BCUT2D eigenvalue weighted by molar-refractivity contribution is 9.09. The van der Waals surface area contributed by atoms with E-state index in [2.05, 4.69) is 41.9 Å². The Morgan fingerprint density at radius 2 is 1.30 bits per heavy atom. The topological polar surface area (TPSA) is 18.5 Å². The first-order chi connectivity index (χ1) is 11.3. The van der Waals surface area contributed by atoms with Gasteiger partial charge in [-0.25, -0.2) is 0 Å².